The van der Waals surface area contributed by atoms with Crippen molar-refractivity contribution in [3.05, 3.63) is 47.0 Å². The van der Waals surface area contributed by atoms with Crippen LogP contribution in [0.2, 0.25) is 0 Å². The van der Waals surface area contributed by atoms with E-state index in [4.69, 9.17) is 5.73 Å². The number of thiazole rings is 1. The Balaban J connectivity index is 1.75. The van der Waals surface area contributed by atoms with Crippen molar-refractivity contribution in [2.45, 2.75) is 25.4 Å². The molecule has 0 amide bonds. The normalized spacial score (nSPS) is 20.3. The molecule has 18 heavy (non-hydrogen) atoms. The summed E-state index contributed by atoms with van der Waals surface area (Å²) in [5.41, 5.74) is 8.25. The number of nitrogens with zero attached hydrogens (tertiary/aromatic N) is 2. The molecule has 2 N–H and O–H groups in total. The molecule has 2 aromatic rings. The van der Waals surface area contributed by atoms with Crippen molar-refractivity contribution in [2.75, 3.05) is 12.3 Å². The maximum Gasteiger partial charge on any atom is 0.180 e. The fourth-order valence-corrected chi connectivity index (χ4v) is 3.23. The van der Waals surface area contributed by atoms with E-state index >= 15 is 0 Å². The zero-order valence-corrected chi connectivity index (χ0v) is 11.1. The molecule has 1 atom stereocenters. The van der Waals surface area contributed by atoms with Gasteiger partial charge in [0.1, 0.15) is 0 Å². The summed E-state index contributed by atoms with van der Waals surface area (Å²) in [6.45, 7) is 2.15. The first-order valence-corrected chi connectivity index (χ1v) is 7.20. The van der Waals surface area contributed by atoms with Gasteiger partial charge in [-0.1, -0.05) is 30.3 Å². The van der Waals surface area contributed by atoms with Gasteiger partial charge in [0.05, 0.1) is 11.7 Å². The lowest BCUT2D eigenvalue weighted by Crippen LogP contribution is -2.22. The Labute approximate surface area is 111 Å². The molecular formula is C14H17N3S. The second-order valence-corrected chi connectivity index (χ2v) is 5.61. The summed E-state index contributed by atoms with van der Waals surface area (Å²) in [5.74, 6) is 0. The highest BCUT2D eigenvalue weighted by molar-refractivity contribution is 7.13. The van der Waals surface area contributed by atoms with Gasteiger partial charge in [-0.15, -0.1) is 11.3 Å². The first kappa shape index (κ1) is 11.7. The number of benzene rings is 1. The van der Waals surface area contributed by atoms with E-state index in [0.29, 0.717) is 11.2 Å². The Hall–Kier alpha value is -1.39. The molecule has 4 heteroatoms. The standard InChI is InChI=1S/C14H17N3S/c15-14-16-12(10-18-14)13-7-4-8-17(13)9-11-5-2-1-3-6-11/h1-3,5-6,10,13H,4,7-9H2,(H2,15,16)/t13-/m1/s1. The van der Waals surface area contributed by atoms with Gasteiger partial charge >= 0.3 is 0 Å². The lowest BCUT2D eigenvalue weighted by Gasteiger charge is -2.23. The van der Waals surface area contributed by atoms with Crippen LogP contribution in [0, 0.1) is 0 Å². The van der Waals surface area contributed by atoms with E-state index < -0.39 is 0 Å². The van der Waals surface area contributed by atoms with Gasteiger partial charge in [-0.05, 0) is 24.9 Å². The van der Waals surface area contributed by atoms with Crippen molar-refractivity contribution in [1.29, 1.82) is 0 Å². The second kappa shape index (κ2) is 5.08. The van der Waals surface area contributed by atoms with Crippen molar-refractivity contribution in [3.63, 3.8) is 0 Å². The summed E-state index contributed by atoms with van der Waals surface area (Å²) in [6.07, 6.45) is 2.44. The summed E-state index contributed by atoms with van der Waals surface area (Å²) in [4.78, 5) is 6.94. The molecule has 2 heterocycles. The lowest BCUT2D eigenvalue weighted by atomic mass is 10.1. The van der Waals surface area contributed by atoms with Gasteiger partial charge in [-0.25, -0.2) is 4.98 Å². The minimum absolute atomic E-state index is 0.443. The van der Waals surface area contributed by atoms with Crippen molar-refractivity contribution in [2.24, 2.45) is 0 Å². The summed E-state index contributed by atoms with van der Waals surface area (Å²) in [5, 5.41) is 2.78. The third-order valence-corrected chi connectivity index (χ3v) is 4.17. The summed E-state index contributed by atoms with van der Waals surface area (Å²) >= 11 is 1.54. The van der Waals surface area contributed by atoms with Gasteiger partial charge < -0.3 is 5.73 Å². The largest absolute Gasteiger partial charge is 0.375 e. The van der Waals surface area contributed by atoms with E-state index in [0.717, 1.165) is 18.8 Å². The van der Waals surface area contributed by atoms with Crippen LogP contribution in [-0.2, 0) is 6.54 Å². The average Bonchev–Trinajstić information content (AvgIpc) is 2.99. The first-order valence-electron chi connectivity index (χ1n) is 6.32. The van der Waals surface area contributed by atoms with Crippen LogP contribution in [-0.4, -0.2) is 16.4 Å². The Kier molecular flexibility index (Phi) is 3.30. The van der Waals surface area contributed by atoms with Crippen LogP contribution in [0.15, 0.2) is 35.7 Å². The molecule has 0 spiro atoms. The van der Waals surface area contributed by atoms with E-state index in [2.05, 4.69) is 45.6 Å². The van der Waals surface area contributed by atoms with E-state index in [-0.39, 0.29) is 0 Å². The minimum Gasteiger partial charge on any atom is -0.375 e. The highest BCUT2D eigenvalue weighted by Crippen LogP contribution is 2.33. The monoisotopic (exact) mass is 259 g/mol. The summed E-state index contributed by atoms with van der Waals surface area (Å²) in [7, 11) is 0. The number of rotatable bonds is 3. The Morgan fingerprint density at radius 3 is 2.89 bits per heavy atom. The Morgan fingerprint density at radius 1 is 1.33 bits per heavy atom. The molecular weight excluding hydrogens is 242 g/mol. The van der Waals surface area contributed by atoms with Crippen LogP contribution in [0.5, 0.6) is 0 Å². The minimum atomic E-state index is 0.443. The topological polar surface area (TPSA) is 42.1 Å². The predicted octanol–water partition coefficient (Wildman–Crippen LogP) is 3.06. The number of anilines is 1. The number of hydrogen-bond donors (Lipinski definition) is 1. The van der Waals surface area contributed by atoms with E-state index in [1.165, 1.54) is 29.7 Å². The molecule has 0 bridgehead atoms. The first-order chi connectivity index (χ1) is 8.83. The molecule has 1 aromatic carbocycles. The second-order valence-electron chi connectivity index (χ2n) is 4.72. The molecule has 0 radical (unpaired) electrons. The number of hydrogen-bond acceptors (Lipinski definition) is 4. The van der Waals surface area contributed by atoms with E-state index in [1.54, 1.807) is 0 Å². The molecule has 0 unspecified atom stereocenters. The quantitative estimate of drug-likeness (QED) is 0.921. The molecule has 0 aliphatic carbocycles. The van der Waals surface area contributed by atoms with Crippen molar-refractivity contribution in [1.82, 2.24) is 9.88 Å². The molecule has 1 fully saturated rings. The summed E-state index contributed by atoms with van der Waals surface area (Å²) in [6, 6.07) is 11.1. The fourth-order valence-electron chi connectivity index (χ4n) is 2.62. The SMILES string of the molecule is Nc1nc([C@H]2CCCN2Cc2ccccc2)cs1. The highest BCUT2D eigenvalue weighted by Gasteiger charge is 2.27. The molecule has 1 aliphatic rings. The van der Waals surface area contributed by atoms with Crippen molar-refractivity contribution < 1.29 is 0 Å². The molecule has 1 aliphatic heterocycles. The molecule has 0 saturated carbocycles. The Bertz CT molecular complexity index is 509. The fraction of sp³-hybridized carbons (Fsp3) is 0.357. The average molecular weight is 259 g/mol. The van der Waals surface area contributed by atoms with Crippen LogP contribution in [0.25, 0.3) is 0 Å². The zero-order valence-electron chi connectivity index (χ0n) is 10.2. The molecule has 1 aromatic heterocycles. The molecule has 1 saturated heterocycles. The maximum absolute atomic E-state index is 5.73. The zero-order chi connectivity index (χ0) is 12.4. The van der Waals surface area contributed by atoms with Gasteiger partial charge in [-0.2, -0.15) is 0 Å². The van der Waals surface area contributed by atoms with E-state index in [1.807, 2.05) is 0 Å². The van der Waals surface area contributed by atoms with Gasteiger partial charge in [0, 0.05) is 11.9 Å². The molecule has 94 valence electrons. The third kappa shape index (κ3) is 2.40. The third-order valence-electron chi connectivity index (χ3n) is 3.47. The van der Waals surface area contributed by atoms with Crippen LogP contribution in [0.4, 0.5) is 5.13 Å². The summed E-state index contributed by atoms with van der Waals surface area (Å²) < 4.78 is 0. The van der Waals surface area contributed by atoms with Crippen molar-refractivity contribution in [3.8, 4) is 0 Å². The van der Waals surface area contributed by atoms with E-state index in [9.17, 15) is 0 Å². The highest BCUT2D eigenvalue weighted by atomic mass is 32.1. The van der Waals surface area contributed by atoms with Crippen molar-refractivity contribution >= 4 is 16.5 Å². The lowest BCUT2D eigenvalue weighted by molar-refractivity contribution is 0.245. The van der Waals surface area contributed by atoms with Crippen LogP contribution in [0.3, 0.4) is 0 Å². The molecule has 3 nitrogen and oxygen atoms in total. The van der Waals surface area contributed by atoms with Crippen LogP contribution >= 0.6 is 11.3 Å². The number of likely N-dealkylation sites (tertiary alicyclic amines) is 1. The van der Waals surface area contributed by atoms with Gasteiger partial charge in [0.2, 0.25) is 0 Å². The number of nitrogen functional groups attached to an aromatic ring is 1. The van der Waals surface area contributed by atoms with Gasteiger partial charge in [-0.3, -0.25) is 4.90 Å². The molecule has 3 rings (SSSR count). The number of aromatic nitrogens is 1. The van der Waals surface area contributed by atoms with Gasteiger partial charge in [0.15, 0.2) is 5.13 Å². The van der Waals surface area contributed by atoms with Crippen LogP contribution in [0.1, 0.15) is 30.1 Å². The predicted molar refractivity (Wildman–Crippen MR) is 75.4 cm³/mol. The maximum atomic E-state index is 5.73. The van der Waals surface area contributed by atoms with Gasteiger partial charge in [0.25, 0.3) is 0 Å². The Morgan fingerprint density at radius 2 is 2.17 bits per heavy atom. The smallest absolute Gasteiger partial charge is 0.180 e. The van der Waals surface area contributed by atoms with Crippen LogP contribution < -0.4 is 5.73 Å². The number of nitrogens with two attached hydrogens (primary N) is 1.